The quantitative estimate of drug-likeness (QED) is 0.708. The maximum Gasteiger partial charge on any atom is 0.122 e. The van der Waals surface area contributed by atoms with Gasteiger partial charge >= 0.3 is 0 Å². The third-order valence-electron chi connectivity index (χ3n) is 3.50. The van der Waals surface area contributed by atoms with E-state index < -0.39 is 0 Å². The molecular weight excluding hydrogens is 236 g/mol. The van der Waals surface area contributed by atoms with Crippen LogP contribution in [0.25, 0.3) is 0 Å². The summed E-state index contributed by atoms with van der Waals surface area (Å²) in [7, 11) is 1.73. The SMILES string of the molecule is COc1ccc(CCNCCNC(C)C)c(C)c1C. The van der Waals surface area contributed by atoms with Crippen LogP contribution in [0.3, 0.4) is 0 Å². The maximum absolute atomic E-state index is 5.34. The molecule has 0 bridgehead atoms. The second kappa shape index (κ2) is 8.18. The monoisotopic (exact) mass is 264 g/mol. The molecule has 3 nitrogen and oxygen atoms in total. The average Bonchev–Trinajstić information content (AvgIpc) is 2.38. The molecule has 0 aromatic heterocycles. The van der Waals surface area contributed by atoms with Crippen LogP contribution in [0.5, 0.6) is 5.75 Å². The van der Waals surface area contributed by atoms with E-state index in [9.17, 15) is 0 Å². The smallest absolute Gasteiger partial charge is 0.122 e. The zero-order valence-corrected chi connectivity index (χ0v) is 13.0. The number of hydrogen-bond acceptors (Lipinski definition) is 3. The minimum Gasteiger partial charge on any atom is -0.496 e. The van der Waals surface area contributed by atoms with Crippen LogP contribution in [0.15, 0.2) is 12.1 Å². The Morgan fingerprint density at radius 2 is 1.79 bits per heavy atom. The van der Waals surface area contributed by atoms with Crippen LogP contribution in [0.2, 0.25) is 0 Å². The van der Waals surface area contributed by atoms with Crippen LogP contribution >= 0.6 is 0 Å². The Morgan fingerprint density at radius 3 is 2.42 bits per heavy atom. The molecule has 1 rings (SSSR count). The second-order valence-corrected chi connectivity index (χ2v) is 5.29. The highest BCUT2D eigenvalue weighted by atomic mass is 16.5. The van der Waals surface area contributed by atoms with Crippen molar-refractivity contribution in [2.75, 3.05) is 26.7 Å². The van der Waals surface area contributed by atoms with Gasteiger partial charge in [-0.1, -0.05) is 19.9 Å². The van der Waals surface area contributed by atoms with Gasteiger partial charge in [-0.2, -0.15) is 0 Å². The van der Waals surface area contributed by atoms with Crippen LogP contribution in [-0.4, -0.2) is 32.8 Å². The number of methoxy groups -OCH3 is 1. The van der Waals surface area contributed by atoms with Gasteiger partial charge in [-0.05, 0) is 49.6 Å². The molecule has 0 saturated heterocycles. The lowest BCUT2D eigenvalue weighted by Crippen LogP contribution is -2.32. The summed E-state index contributed by atoms with van der Waals surface area (Å²) in [5.41, 5.74) is 4.01. The van der Waals surface area contributed by atoms with E-state index in [0.29, 0.717) is 6.04 Å². The minimum atomic E-state index is 0.563. The third kappa shape index (κ3) is 5.21. The van der Waals surface area contributed by atoms with Crippen LogP contribution in [-0.2, 0) is 6.42 Å². The van der Waals surface area contributed by atoms with Crippen LogP contribution in [0, 0.1) is 13.8 Å². The van der Waals surface area contributed by atoms with Gasteiger partial charge in [0, 0.05) is 19.1 Å². The molecule has 3 heteroatoms. The summed E-state index contributed by atoms with van der Waals surface area (Å²) < 4.78 is 5.34. The van der Waals surface area contributed by atoms with E-state index in [-0.39, 0.29) is 0 Å². The molecule has 19 heavy (non-hydrogen) atoms. The standard InChI is InChI=1S/C16H28N2O/c1-12(2)18-11-10-17-9-8-15-6-7-16(19-5)14(4)13(15)3/h6-7,12,17-18H,8-11H2,1-5H3. The molecule has 0 aliphatic rings. The highest BCUT2D eigenvalue weighted by molar-refractivity contribution is 5.43. The first-order valence-electron chi connectivity index (χ1n) is 7.13. The maximum atomic E-state index is 5.34. The molecule has 0 unspecified atom stereocenters. The molecule has 0 aliphatic carbocycles. The van der Waals surface area contributed by atoms with Crippen molar-refractivity contribution in [3.63, 3.8) is 0 Å². The highest BCUT2D eigenvalue weighted by Gasteiger charge is 2.06. The fourth-order valence-electron chi connectivity index (χ4n) is 2.14. The molecule has 108 valence electrons. The summed E-state index contributed by atoms with van der Waals surface area (Å²) >= 11 is 0. The van der Waals surface area contributed by atoms with E-state index in [0.717, 1.165) is 31.8 Å². The van der Waals surface area contributed by atoms with Crippen LogP contribution < -0.4 is 15.4 Å². The lowest BCUT2D eigenvalue weighted by molar-refractivity contribution is 0.411. The van der Waals surface area contributed by atoms with Gasteiger partial charge in [-0.3, -0.25) is 0 Å². The average molecular weight is 264 g/mol. The fourth-order valence-corrected chi connectivity index (χ4v) is 2.14. The molecule has 0 aliphatic heterocycles. The van der Waals surface area contributed by atoms with Crippen molar-refractivity contribution in [2.45, 2.75) is 40.2 Å². The Bertz CT molecular complexity index is 389. The third-order valence-corrected chi connectivity index (χ3v) is 3.50. The first-order valence-corrected chi connectivity index (χ1v) is 7.13. The van der Waals surface area contributed by atoms with E-state index in [2.05, 4.69) is 50.5 Å². The van der Waals surface area contributed by atoms with E-state index >= 15 is 0 Å². The molecule has 0 amide bonds. The Kier molecular flexibility index (Phi) is 6.89. The molecule has 0 atom stereocenters. The molecule has 0 heterocycles. The van der Waals surface area contributed by atoms with Gasteiger partial charge in [-0.15, -0.1) is 0 Å². The zero-order chi connectivity index (χ0) is 14.3. The van der Waals surface area contributed by atoms with Crippen molar-refractivity contribution >= 4 is 0 Å². The van der Waals surface area contributed by atoms with Crippen molar-refractivity contribution in [1.29, 1.82) is 0 Å². The second-order valence-electron chi connectivity index (χ2n) is 5.29. The number of benzene rings is 1. The van der Waals surface area contributed by atoms with Gasteiger partial charge in [0.2, 0.25) is 0 Å². The van der Waals surface area contributed by atoms with Gasteiger partial charge in [0.05, 0.1) is 7.11 Å². The summed E-state index contributed by atoms with van der Waals surface area (Å²) in [6, 6.07) is 4.81. The molecule has 0 spiro atoms. The summed E-state index contributed by atoms with van der Waals surface area (Å²) in [5, 5.41) is 6.87. The Labute approximate surface area is 117 Å². The zero-order valence-electron chi connectivity index (χ0n) is 13.0. The van der Waals surface area contributed by atoms with Crippen molar-refractivity contribution in [3.8, 4) is 5.75 Å². The molecule has 0 radical (unpaired) electrons. The topological polar surface area (TPSA) is 33.3 Å². The van der Waals surface area contributed by atoms with Crippen LogP contribution in [0.1, 0.15) is 30.5 Å². The van der Waals surface area contributed by atoms with Crippen LogP contribution in [0.4, 0.5) is 0 Å². The summed E-state index contributed by atoms with van der Waals surface area (Å²) in [4.78, 5) is 0. The Hall–Kier alpha value is -1.06. The number of rotatable bonds is 8. The molecule has 2 N–H and O–H groups in total. The number of nitrogens with one attached hydrogen (secondary N) is 2. The Morgan fingerprint density at radius 1 is 1.05 bits per heavy atom. The fraction of sp³-hybridized carbons (Fsp3) is 0.625. The molecule has 1 aromatic carbocycles. The Balaban J connectivity index is 2.36. The molecule has 1 aromatic rings. The van der Waals surface area contributed by atoms with Gasteiger partial charge in [0.1, 0.15) is 5.75 Å². The predicted molar refractivity (Wildman–Crippen MR) is 82.2 cm³/mol. The summed E-state index contributed by atoms with van der Waals surface area (Å²) in [5.74, 6) is 0.982. The van der Waals surface area contributed by atoms with E-state index in [1.165, 1.54) is 16.7 Å². The minimum absolute atomic E-state index is 0.563. The number of hydrogen-bond donors (Lipinski definition) is 2. The van der Waals surface area contributed by atoms with Crippen molar-refractivity contribution in [2.24, 2.45) is 0 Å². The molecular formula is C16H28N2O. The first kappa shape index (κ1) is 16.0. The van der Waals surface area contributed by atoms with Crippen molar-refractivity contribution in [3.05, 3.63) is 28.8 Å². The van der Waals surface area contributed by atoms with Gasteiger partial charge in [-0.25, -0.2) is 0 Å². The van der Waals surface area contributed by atoms with E-state index in [1.807, 2.05) is 0 Å². The number of ether oxygens (including phenoxy) is 1. The lowest BCUT2D eigenvalue weighted by atomic mass is 10.00. The largest absolute Gasteiger partial charge is 0.496 e. The highest BCUT2D eigenvalue weighted by Crippen LogP contribution is 2.23. The summed E-state index contributed by atoms with van der Waals surface area (Å²) in [6.07, 6.45) is 1.07. The van der Waals surface area contributed by atoms with Crippen molar-refractivity contribution < 1.29 is 4.74 Å². The van der Waals surface area contributed by atoms with E-state index in [4.69, 9.17) is 4.74 Å². The molecule has 0 fully saturated rings. The molecule has 0 saturated carbocycles. The summed E-state index contributed by atoms with van der Waals surface area (Å²) in [6.45, 7) is 11.7. The first-order chi connectivity index (χ1) is 9.06. The van der Waals surface area contributed by atoms with Crippen molar-refractivity contribution in [1.82, 2.24) is 10.6 Å². The van der Waals surface area contributed by atoms with Gasteiger partial charge < -0.3 is 15.4 Å². The predicted octanol–water partition coefficient (Wildman–Crippen LogP) is 2.44. The van der Waals surface area contributed by atoms with Gasteiger partial charge in [0.25, 0.3) is 0 Å². The van der Waals surface area contributed by atoms with E-state index in [1.54, 1.807) is 7.11 Å². The lowest BCUT2D eigenvalue weighted by Gasteiger charge is -2.13. The normalized spacial score (nSPS) is 11.1. The van der Waals surface area contributed by atoms with Gasteiger partial charge in [0.15, 0.2) is 0 Å².